The van der Waals surface area contributed by atoms with Crippen LogP contribution in [0.1, 0.15) is 5.56 Å². The topological polar surface area (TPSA) is 80.9 Å². The quantitative estimate of drug-likeness (QED) is 0.441. The summed E-state index contributed by atoms with van der Waals surface area (Å²) >= 11 is 0. The fourth-order valence-electron chi connectivity index (χ4n) is 5.06. The minimum atomic E-state index is 0. The minimum Gasteiger partial charge on any atom is -0.508 e. The van der Waals surface area contributed by atoms with Gasteiger partial charge in [-0.2, -0.15) is 9.97 Å². The zero-order valence-corrected chi connectivity index (χ0v) is 20.2. The molecule has 0 atom stereocenters. The molecule has 9 heteroatoms. The largest absolute Gasteiger partial charge is 0.508 e. The number of halogens is 1. The molecule has 2 aromatic carbocycles. The van der Waals surface area contributed by atoms with E-state index in [0.29, 0.717) is 6.54 Å². The minimum absolute atomic E-state index is 0. The van der Waals surface area contributed by atoms with E-state index in [4.69, 9.17) is 9.97 Å². The maximum absolute atomic E-state index is 9.59. The molecular formula is C26H29ClN6O2. The van der Waals surface area contributed by atoms with Gasteiger partial charge in [0.1, 0.15) is 17.2 Å². The Balaban J connectivity index is 0.00000253. The lowest BCUT2D eigenvalue weighted by Crippen LogP contribution is -2.47. The Morgan fingerprint density at radius 1 is 0.829 bits per heavy atom. The summed E-state index contributed by atoms with van der Waals surface area (Å²) in [7, 11) is 0. The van der Waals surface area contributed by atoms with E-state index in [9.17, 15) is 10.2 Å². The van der Waals surface area contributed by atoms with E-state index in [1.54, 1.807) is 12.1 Å². The third-order valence-electron chi connectivity index (χ3n) is 6.85. The molecule has 0 saturated carbocycles. The number of aromatic hydroxyl groups is 1. The molecule has 1 saturated heterocycles. The molecular weight excluding hydrogens is 464 g/mol. The average molecular weight is 493 g/mol. The highest BCUT2D eigenvalue weighted by Gasteiger charge is 2.27. The van der Waals surface area contributed by atoms with Crippen LogP contribution in [0.4, 0.5) is 23.1 Å². The van der Waals surface area contributed by atoms with Crippen LogP contribution in [0, 0.1) is 0 Å². The summed E-state index contributed by atoms with van der Waals surface area (Å²) in [5.74, 6) is 1.95. The number of hydrogen-bond donors (Lipinski definition) is 2. The number of phenolic OH excluding ortho intramolecular Hbond substituents is 1. The highest BCUT2D eigenvalue weighted by molar-refractivity contribution is 5.92. The highest BCUT2D eigenvalue weighted by atomic mass is 35.5. The molecule has 2 aliphatic rings. The van der Waals surface area contributed by atoms with E-state index in [-0.39, 0.29) is 24.8 Å². The van der Waals surface area contributed by atoms with Crippen LogP contribution in [-0.2, 0) is 13.0 Å². The molecule has 0 spiro atoms. The van der Waals surface area contributed by atoms with Crippen molar-refractivity contribution >= 4 is 46.6 Å². The summed E-state index contributed by atoms with van der Waals surface area (Å²) < 4.78 is 2.01. The van der Waals surface area contributed by atoms with E-state index in [0.717, 1.165) is 67.6 Å². The Morgan fingerprint density at radius 3 is 2.34 bits per heavy atom. The number of rotatable bonds is 5. The molecule has 8 nitrogen and oxygen atoms in total. The number of aliphatic hydroxyl groups excluding tert-OH is 1. The first-order chi connectivity index (χ1) is 16.7. The number of fused-ring (bicyclic) bond motifs is 2. The molecule has 0 radical (unpaired) electrons. The lowest BCUT2D eigenvalue weighted by atomic mass is 10.2. The normalized spacial score (nSPS) is 15.4. The molecule has 35 heavy (non-hydrogen) atoms. The molecule has 182 valence electrons. The molecule has 2 aromatic heterocycles. The predicted molar refractivity (Wildman–Crippen MR) is 142 cm³/mol. The maximum Gasteiger partial charge on any atom is 0.229 e. The van der Waals surface area contributed by atoms with Crippen LogP contribution < -0.4 is 14.7 Å². The summed E-state index contributed by atoms with van der Waals surface area (Å²) in [6.07, 6.45) is 2.99. The average Bonchev–Trinajstić information content (AvgIpc) is 3.49. The first-order valence-corrected chi connectivity index (χ1v) is 11.8. The number of nitrogens with zero attached hydrogens (tertiary/aromatic N) is 6. The lowest BCUT2D eigenvalue weighted by Gasteiger charge is -2.36. The van der Waals surface area contributed by atoms with Crippen molar-refractivity contribution in [3.63, 3.8) is 0 Å². The molecule has 1 fully saturated rings. The second-order valence-corrected chi connectivity index (χ2v) is 8.84. The van der Waals surface area contributed by atoms with E-state index in [1.165, 1.54) is 11.3 Å². The van der Waals surface area contributed by atoms with Crippen molar-refractivity contribution in [3.05, 3.63) is 66.4 Å². The summed E-state index contributed by atoms with van der Waals surface area (Å²) in [5.41, 5.74) is 4.52. The Kier molecular flexibility index (Phi) is 6.40. The van der Waals surface area contributed by atoms with Crippen LogP contribution in [0.15, 0.2) is 60.8 Å². The standard InChI is InChI=1S/C26H28N6O2.ClH/c33-18-17-30-11-10-22-24(30)27-26(28-25(22)32-12-9-19-3-1-2-4-23(19)32)31-15-13-29(14-16-31)20-5-7-21(34)8-6-20;/h1-8,10-11,33-34H,9,12-18H2;1H. The second-order valence-electron chi connectivity index (χ2n) is 8.84. The summed E-state index contributed by atoms with van der Waals surface area (Å²) in [6, 6.07) is 18.0. The fourth-order valence-corrected chi connectivity index (χ4v) is 5.06. The van der Waals surface area contributed by atoms with Crippen LogP contribution in [0.25, 0.3) is 11.0 Å². The zero-order valence-electron chi connectivity index (χ0n) is 19.4. The molecule has 4 aromatic rings. The molecule has 0 unspecified atom stereocenters. The first kappa shape index (κ1) is 23.3. The third kappa shape index (κ3) is 4.24. The van der Waals surface area contributed by atoms with Crippen molar-refractivity contribution < 1.29 is 10.2 Å². The Morgan fingerprint density at radius 2 is 1.57 bits per heavy atom. The Labute approximate surface area is 210 Å². The van der Waals surface area contributed by atoms with Crippen molar-refractivity contribution in [3.8, 4) is 5.75 Å². The Hall–Kier alpha value is -3.49. The fraction of sp³-hybridized carbons (Fsp3) is 0.308. The molecule has 6 rings (SSSR count). The summed E-state index contributed by atoms with van der Waals surface area (Å²) in [5, 5.41) is 20.2. The van der Waals surface area contributed by atoms with Crippen LogP contribution in [0.5, 0.6) is 5.75 Å². The molecule has 4 heterocycles. The van der Waals surface area contributed by atoms with Crippen molar-refractivity contribution in [2.24, 2.45) is 0 Å². The van der Waals surface area contributed by atoms with E-state index >= 15 is 0 Å². The first-order valence-electron chi connectivity index (χ1n) is 11.8. The van der Waals surface area contributed by atoms with E-state index in [2.05, 4.69) is 45.0 Å². The highest BCUT2D eigenvalue weighted by Crippen LogP contribution is 2.38. The van der Waals surface area contributed by atoms with Gasteiger partial charge in [-0.25, -0.2) is 0 Å². The van der Waals surface area contributed by atoms with Crippen LogP contribution in [0.3, 0.4) is 0 Å². The zero-order chi connectivity index (χ0) is 23.1. The lowest BCUT2D eigenvalue weighted by molar-refractivity contribution is 0.278. The number of anilines is 4. The second kappa shape index (κ2) is 9.64. The number of aromatic nitrogens is 3. The van der Waals surface area contributed by atoms with Gasteiger partial charge in [0, 0.05) is 56.8 Å². The number of phenols is 1. The molecule has 0 aliphatic carbocycles. The van der Waals surface area contributed by atoms with Gasteiger partial charge in [0.15, 0.2) is 0 Å². The number of aliphatic hydroxyl groups is 1. The molecule has 2 aliphatic heterocycles. The van der Waals surface area contributed by atoms with Crippen molar-refractivity contribution in [1.82, 2.24) is 14.5 Å². The summed E-state index contributed by atoms with van der Waals surface area (Å²) in [6.45, 7) is 4.79. The van der Waals surface area contributed by atoms with Gasteiger partial charge in [0.05, 0.1) is 12.0 Å². The third-order valence-corrected chi connectivity index (χ3v) is 6.85. The van der Waals surface area contributed by atoms with Crippen molar-refractivity contribution in [2.75, 3.05) is 54.0 Å². The van der Waals surface area contributed by atoms with Gasteiger partial charge in [-0.15, -0.1) is 12.4 Å². The Bertz CT molecular complexity index is 1320. The van der Waals surface area contributed by atoms with E-state index in [1.807, 2.05) is 22.9 Å². The van der Waals surface area contributed by atoms with Crippen LogP contribution in [0.2, 0.25) is 0 Å². The molecule has 0 bridgehead atoms. The summed E-state index contributed by atoms with van der Waals surface area (Å²) in [4.78, 5) is 16.9. The number of para-hydroxylation sites is 1. The van der Waals surface area contributed by atoms with Gasteiger partial charge in [0.25, 0.3) is 0 Å². The van der Waals surface area contributed by atoms with Gasteiger partial charge in [-0.3, -0.25) is 0 Å². The van der Waals surface area contributed by atoms with Crippen LogP contribution in [-0.4, -0.2) is 64.1 Å². The van der Waals surface area contributed by atoms with Crippen molar-refractivity contribution in [2.45, 2.75) is 13.0 Å². The van der Waals surface area contributed by atoms with Gasteiger partial charge in [-0.05, 0) is 48.4 Å². The van der Waals surface area contributed by atoms with Gasteiger partial charge < -0.3 is 29.5 Å². The maximum atomic E-state index is 9.59. The number of piperazine rings is 1. The number of benzene rings is 2. The van der Waals surface area contributed by atoms with Crippen molar-refractivity contribution in [1.29, 1.82) is 0 Å². The van der Waals surface area contributed by atoms with Gasteiger partial charge in [-0.1, -0.05) is 18.2 Å². The monoisotopic (exact) mass is 492 g/mol. The molecule has 2 N–H and O–H groups in total. The van der Waals surface area contributed by atoms with Crippen LogP contribution >= 0.6 is 12.4 Å². The molecule has 0 amide bonds. The SMILES string of the molecule is Cl.OCCn1ccc2c(N3CCc4ccccc43)nc(N3CCN(c4ccc(O)cc4)CC3)nc21. The smallest absolute Gasteiger partial charge is 0.229 e. The van der Waals surface area contributed by atoms with E-state index < -0.39 is 0 Å². The number of hydrogen-bond acceptors (Lipinski definition) is 7. The predicted octanol–water partition coefficient (Wildman–Crippen LogP) is 3.57. The van der Waals surface area contributed by atoms with Gasteiger partial charge >= 0.3 is 0 Å². The van der Waals surface area contributed by atoms with Gasteiger partial charge in [0.2, 0.25) is 5.95 Å².